The van der Waals surface area contributed by atoms with Crippen LogP contribution in [0.4, 0.5) is 0 Å². The van der Waals surface area contributed by atoms with Crippen molar-refractivity contribution in [2.75, 3.05) is 6.61 Å². The SMILES string of the molecule is C=C1CC(C)(CO)C1. The molecule has 0 spiro atoms. The van der Waals surface area contributed by atoms with Crippen LogP contribution in [-0.4, -0.2) is 11.7 Å². The average Bonchev–Trinajstić information content (AvgIpc) is 1.63. The Bertz CT molecular complexity index is 108. The summed E-state index contributed by atoms with van der Waals surface area (Å²) < 4.78 is 0. The van der Waals surface area contributed by atoms with Gasteiger partial charge in [0.25, 0.3) is 0 Å². The van der Waals surface area contributed by atoms with E-state index in [1.807, 2.05) is 0 Å². The van der Waals surface area contributed by atoms with Crippen molar-refractivity contribution in [2.24, 2.45) is 5.41 Å². The molecule has 1 fully saturated rings. The highest BCUT2D eigenvalue weighted by molar-refractivity contribution is 5.13. The summed E-state index contributed by atoms with van der Waals surface area (Å²) in [5.41, 5.74) is 1.47. The molecule has 8 heavy (non-hydrogen) atoms. The van der Waals surface area contributed by atoms with E-state index < -0.39 is 0 Å². The minimum Gasteiger partial charge on any atom is -0.396 e. The number of hydrogen-bond acceptors (Lipinski definition) is 1. The van der Waals surface area contributed by atoms with E-state index in [9.17, 15) is 0 Å². The van der Waals surface area contributed by atoms with Gasteiger partial charge in [-0.05, 0) is 18.3 Å². The molecule has 0 amide bonds. The fourth-order valence-corrected chi connectivity index (χ4v) is 1.27. The zero-order valence-corrected chi connectivity index (χ0v) is 5.28. The quantitative estimate of drug-likeness (QED) is 0.507. The minimum absolute atomic E-state index is 0.192. The normalized spacial score (nSPS) is 25.0. The molecule has 1 saturated carbocycles. The second-order valence-electron chi connectivity index (χ2n) is 3.07. The highest BCUT2D eigenvalue weighted by Crippen LogP contribution is 2.42. The molecule has 1 heteroatoms. The lowest BCUT2D eigenvalue weighted by molar-refractivity contribution is 0.105. The van der Waals surface area contributed by atoms with Gasteiger partial charge in [0.2, 0.25) is 0 Å². The number of rotatable bonds is 1. The molecule has 1 N–H and O–H groups in total. The zero-order valence-electron chi connectivity index (χ0n) is 5.28. The third kappa shape index (κ3) is 0.781. The van der Waals surface area contributed by atoms with Gasteiger partial charge in [0.15, 0.2) is 0 Å². The molecular weight excluding hydrogens is 100 g/mol. The minimum atomic E-state index is 0.192. The Hall–Kier alpha value is -0.300. The first-order valence-electron chi connectivity index (χ1n) is 2.94. The van der Waals surface area contributed by atoms with Gasteiger partial charge in [-0.3, -0.25) is 0 Å². The summed E-state index contributed by atoms with van der Waals surface area (Å²) in [5.74, 6) is 0. The van der Waals surface area contributed by atoms with E-state index in [4.69, 9.17) is 5.11 Å². The van der Waals surface area contributed by atoms with Gasteiger partial charge in [0.05, 0.1) is 0 Å². The van der Waals surface area contributed by atoms with Crippen LogP contribution in [0.1, 0.15) is 19.8 Å². The molecule has 1 nitrogen and oxygen atoms in total. The van der Waals surface area contributed by atoms with Gasteiger partial charge in [-0.25, -0.2) is 0 Å². The summed E-state index contributed by atoms with van der Waals surface area (Å²) in [6.07, 6.45) is 2.03. The summed E-state index contributed by atoms with van der Waals surface area (Å²) in [6.45, 7) is 6.19. The standard InChI is InChI=1S/C7H12O/c1-6-3-7(2,4-6)5-8/h8H,1,3-5H2,2H3. The molecule has 0 unspecified atom stereocenters. The lowest BCUT2D eigenvalue weighted by Gasteiger charge is -2.38. The average molecular weight is 112 g/mol. The monoisotopic (exact) mass is 112 g/mol. The van der Waals surface area contributed by atoms with Gasteiger partial charge >= 0.3 is 0 Å². The highest BCUT2D eigenvalue weighted by atomic mass is 16.3. The first-order valence-corrected chi connectivity index (χ1v) is 2.94. The molecule has 1 aliphatic carbocycles. The van der Waals surface area contributed by atoms with Crippen molar-refractivity contribution in [1.29, 1.82) is 0 Å². The summed E-state index contributed by atoms with van der Waals surface area (Å²) in [6, 6.07) is 0. The second-order valence-corrected chi connectivity index (χ2v) is 3.07. The zero-order chi connectivity index (χ0) is 6.20. The van der Waals surface area contributed by atoms with Crippen molar-refractivity contribution in [3.63, 3.8) is 0 Å². The summed E-state index contributed by atoms with van der Waals surface area (Å²) in [4.78, 5) is 0. The van der Waals surface area contributed by atoms with Crippen molar-refractivity contribution >= 4 is 0 Å². The van der Waals surface area contributed by atoms with Crippen LogP contribution < -0.4 is 0 Å². The van der Waals surface area contributed by atoms with Crippen LogP contribution in [0.15, 0.2) is 12.2 Å². The van der Waals surface area contributed by atoms with Gasteiger partial charge in [0, 0.05) is 6.61 Å². The summed E-state index contributed by atoms with van der Waals surface area (Å²) >= 11 is 0. The molecule has 0 atom stereocenters. The van der Waals surface area contributed by atoms with Crippen molar-refractivity contribution in [2.45, 2.75) is 19.8 Å². The van der Waals surface area contributed by atoms with E-state index in [2.05, 4.69) is 13.5 Å². The first kappa shape index (κ1) is 5.83. The van der Waals surface area contributed by atoms with Crippen LogP contribution in [0.2, 0.25) is 0 Å². The molecule has 0 aromatic rings. The highest BCUT2D eigenvalue weighted by Gasteiger charge is 2.33. The molecular formula is C7H12O. The van der Waals surface area contributed by atoms with E-state index in [0.29, 0.717) is 6.61 Å². The molecule has 1 rings (SSSR count). The van der Waals surface area contributed by atoms with Crippen LogP contribution in [0, 0.1) is 5.41 Å². The van der Waals surface area contributed by atoms with Crippen LogP contribution >= 0.6 is 0 Å². The maximum absolute atomic E-state index is 8.72. The predicted octanol–water partition coefficient (Wildman–Crippen LogP) is 1.33. The first-order chi connectivity index (χ1) is 3.66. The second kappa shape index (κ2) is 1.59. The van der Waals surface area contributed by atoms with Crippen molar-refractivity contribution in [1.82, 2.24) is 0 Å². The van der Waals surface area contributed by atoms with Gasteiger partial charge in [-0.1, -0.05) is 19.1 Å². The van der Waals surface area contributed by atoms with E-state index >= 15 is 0 Å². The Balaban J connectivity index is 2.40. The van der Waals surface area contributed by atoms with E-state index in [1.54, 1.807) is 0 Å². The summed E-state index contributed by atoms with van der Waals surface area (Å²) in [5, 5.41) is 8.72. The number of hydrogen-bond donors (Lipinski definition) is 1. The maximum Gasteiger partial charge on any atom is 0.0490 e. The van der Waals surface area contributed by atoms with Gasteiger partial charge in [-0.15, -0.1) is 0 Å². The Morgan fingerprint density at radius 1 is 1.75 bits per heavy atom. The van der Waals surface area contributed by atoms with E-state index in [1.165, 1.54) is 5.57 Å². The topological polar surface area (TPSA) is 20.2 Å². The molecule has 0 saturated heterocycles. The Morgan fingerprint density at radius 2 is 2.25 bits per heavy atom. The van der Waals surface area contributed by atoms with Crippen molar-refractivity contribution in [3.8, 4) is 0 Å². The number of aliphatic hydroxyl groups is 1. The molecule has 0 aromatic heterocycles. The molecule has 0 radical (unpaired) electrons. The molecule has 0 bridgehead atoms. The fraction of sp³-hybridized carbons (Fsp3) is 0.714. The number of allylic oxidation sites excluding steroid dienone is 1. The Morgan fingerprint density at radius 3 is 2.38 bits per heavy atom. The van der Waals surface area contributed by atoms with Crippen molar-refractivity contribution in [3.05, 3.63) is 12.2 Å². The lowest BCUT2D eigenvalue weighted by atomic mass is 9.68. The van der Waals surface area contributed by atoms with Crippen LogP contribution in [-0.2, 0) is 0 Å². The van der Waals surface area contributed by atoms with Crippen molar-refractivity contribution < 1.29 is 5.11 Å². The fourth-order valence-electron chi connectivity index (χ4n) is 1.27. The van der Waals surface area contributed by atoms with Crippen LogP contribution in [0.25, 0.3) is 0 Å². The Kier molecular flexibility index (Phi) is 1.16. The third-order valence-electron chi connectivity index (χ3n) is 1.74. The van der Waals surface area contributed by atoms with E-state index in [-0.39, 0.29) is 5.41 Å². The maximum atomic E-state index is 8.72. The smallest absolute Gasteiger partial charge is 0.0490 e. The van der Waals surface area contributed by atoms with Gasteiger partial charge in [-0.2, -0.15) is 0 Å². The van der Waals surface area contributed by atoms with Gasteiger partial charge < -0.3 is 5.11 Å². The van der Waals surface area contributed by atoms with Crippen LogP contribution in [0.5, 0.6) is 0 Å². The van der Waals surface area contributed by atoms with Crippen LogP contribution in [0.3, 0.4) is 0 Å². The molecule has 46 valence electrons. The molecule has 0 heterocycles. The van der Waals surface area contributed by atoms with E-state index in [0.717, 1.165) is 12.8 Å². The Labute approximate surface area is 50.0 Å². The van der Waals surface area contributed by atoms with Gasteiger partial charge in [0.1, 0.15) is 0 Å². The largest absolute Gasteiger partial charge is 0.396 e. The molecule has 1 aliphatic rings. The number of aliphatic hydroxyl groups excluding tert-OH is 1. The predicted molar refractivity (Wildman–Crippen MR) is 33.6 cm³/mol. The third-order valence-corrected chi connectivity index (χ3v) is 1.74. The molecule has 0 aliphatic heterocycles. The molecule has 0 aromatic carbocycles. The summed E-state index contributed by atoms with van der Waals surface area (Å²) in [7, 11) is 0. The lowest BCUT2D eigenvalue weighted by Crippen LogP contribution is -2.31.